The van der Waals surface area contributed by atoms with Gasteiger partial charge in [0.25, 0.3) is 0 Å². The minimum atomic E-state index is -0.467. The van der Waals surface area contributed by atoms with Crippen LogP contribution in [-0.2, 0) is 16.1 Å². The van der Waals surface area contributed by atoms with Gasteiger partial charge in [-0.1, -0.05) is 0 Å². The molecule has 1 aromatic carbocycles. The SMILES string of the molecule is COc1cc(CN2CCNC(=O)C2CC(=O)N(C)C)cc(OC)c1. The summed E-state index contributed by atoms with van der Waals surface area (Å²) in [6.07, 6.45) is 0.167. The van der Waals surface area contributed by atoms with Gasteiger partial charge in [-0.3, -0.25) is 14.5 Å². The van der Waals surface area contributed by atoms with E-state index in [0.717, 1.165) is 5.56 Å². The van der Waals surface area contributed by atoms with Crippen molar-refractivity contribution >= 4 is 11.8 Å². The number of hydrogen-bond donors (Lipinski definition) is 1. The lowest BCUT2D eigenvalue weighted by Crippen LogP contribution is -2.56. The van der Waals surface area contributed by atoms with Gasteiger partial charge in [0.2, 0.25) is 11.8 Å². The second-order valence-corrected chi connectivity index (χ2v) is 5.99. The molecule has 1 saturated heterocycles. The predicted molar refractivity (Wildman–Crippen MR) is 90.1 cm³/mol. The van der Waals surface area contributed by atoms with Crippen molar-refractivity contribution in [1.29, 1.82) is 0 Å². The molecule has 1 aliphatic rings. The zero-order valence-corrected chi connectivity index (χ0v) is 14.7. The Hall–Kier alpha value is -2.28. The maximum absolute atomic E-state index is 12.2. The van der Waals surface area contributed by atoms with Crippen molar-refractivity contribution < 1.29 is 19.1 Å². The normalized spacial score (nSPS) is 18.0. The summed E-state index contributed by atoms with van der Waals surface area (Å²) in [7, 11) is 6.59. The van der Waals surface area contributed by atoms with E-state index in [9.17, 15) is 9.59 Å². The van der Waals surface area contributed by atoms with E-state index in [-0.39, 0.29) is 18.2 Å². The smallest absolute Gasteiger partial charge is 0.237 e. The highest BCUT2D eigenvalue weighted by Gasteiger charge is 2.32. The maximum atomic E-state index is 12.2. The van der Waals surface area contributed by atoms with Gasteiger partial charge in [0.1, 0.15) is 11.5 Å². The third-order valence-electron chi connectivity index (χ3n) is 4.11. The van der Waals surface area contributed by atoms with Crippen LogP contribution in [-0.4, -0.2) is 69.1 Å². The molecule has 132 valence electrons. The Morgan fingerprint density at radius 3 is 2.42 bits per heavy atom. The molecule has 1 unspecified atom stereocenters. The number of piperazine rings is 1. The third kappa shape index (κ3) is 4.38. The summed E-state index contributed by atoms with van der Waals surface area (Å²) in [4.78, 5) is 27.8. The van der Waals surface area contributed by atoms with Crippen molar-refractivity contribution in [2.45, 2.75) is 19.0 Å². The highest BCUT2D eigenvalue weighted by atomic mass is 16.5. The molecule has 0 radical (unpaired) electrons. The molecule has 1 atom stereocenters. The molecule has 0 spiro atoms. The fourth-order valence-electron chi connectivity index (χ4n) is 2.71. The highest BCUT2D eigenvalue weighted by Crippen LogP contribution is 2.24. The van der Waals surface area contributed by atoms with Crippen molar-refractivity contribution in [2.24, 2.45) is 0 Å². The average Bonchev–Trinajstić information content (AvgIpc) is 2.57. The molecule has 2 rings (SSSR count). The molecule has 7 heteroatoms. The number of hydrogen-bond acceptors (Lipinski definition) is 5. The van der Waals surface area contributed by atoms with Crippen LogP contribution in [0.25, 0.3) is 0 Å². The fraction of sp³-hybridized carbons (Fsp3) is 0.529. The lowest BCUT2D eigenvalue weighted by molar-refractivity contribution is -0.137. The van der Waals surface area contributed by atoms with Gasteiger partial charge in [-0.25, -0.2) is 0 Å². The van der Waals surface area contributed by atoms with Gasteiger partial charge < -0.3 is 19.7 Å². The summed E-state index contributed by atoms with van der Waals surface area (Å²) in [5.74, 6) is 1.23. The van der Waals surface area contributed by atoms with Crippen molar-refractivity contribution in [3.63, 3.8) is 0 Å². The number of carbonyl (C=O) groups is 2. The van der Waals surface area contributed by atoms with Crippen molar-refractivity contribution in [2.75, 3.05) is 41.4 Å². The van der Waals surface area contributed by atoms with Crippen LogP contribution in [0.1, 0.15) is 12.0 Å². The lowest BCUT2D eigenvalue weighted by Gasteiger charge is -2.35. The van der Waals surface area contributed by atoms with Crippen LogP contribution in [0.3, 0.4) is 0 Å². The van der Waals surface area contributed by atoms with Gasteiger partial charge in [-0.05, 0) is 17.7 Å². The molecule has 2 amide bonds. The van der Waals surface area contributed by atoms with E-state index in [1.54, 1.807) is 34.4 Å². The monoisotopic (exact) mass is 335 g/mol. The fourth-order valence-corrected chi connectivity index (χ4v) is 2.71. The van der Waals surface area contributed by atoms with Crippen LogP contribution < -0.4 is 14.8 Å². The average molecular weight is 335 g/mol. The van der Waals surface area contributed by atoms with Gasteiger partial charge >= 0.3 is 0 Å². The van der Waals surface area contributed by atoms with Gasteiger partial charge in [0.15, 0.2) is 0 Å². The van der Waals surface area contributed by atoms with Gasteiger partial charge in [-0.2, -0.15) is 0 Å². The molecule has 24 heavy (non-hydrogen) atoms. The van der Waals surface area contributed by atoms with Crippen molar-refractivity contribution in [3.8, 4) is 11.5 Å². The van der Waals surface area contributed by atoms with Crippen molar-refractivity contribution in [3.05, 3.63) is 23.8 Å². The summed E-state index contributed by atoms with van der Waals surface area (Å²) in [5.41, 5.74) is 0.975. The Labute approximate surface area is 142 Å². The second-order valence-electron chi connectivity index (χ2n) is 5.99. The first-order chi connectivity index (χ1) is 11.4. The first kappa shape index (κ1) is 18.1. The first-order valence-corrected chi connectivity index (χ1v) is 7.88. The van der Waals surface area contributed by atoms with E-state index in [4.69, 9.17) is 9.47 Å². The van der Waals surface area contributed by atoms with E-state index in [1.807, 2.05) is 17.0 Å². The summed E-state index contributed by atoms with van der Waals surface area (Å²) in [6, 6.07) is 5.17. The molecule has 0 bridgehead atoms. The van der Waals surface area contributed by atoms with Crippen LogP contribution in [0.5, 0.6) is 11.5 Å². The number of ether oxygens (including phenoxy) is 2. The maximum Gasteiger partial charge on any atom is 0.237 e. The van der Waals surface area contributed by atoms with Crippen LogP contribution in [0.2, 0.25) is 0 Å². The highest BCUT2D eigenvalue weighted by molar-refractivity contribution is 5.88. The number of benzene rings is 1. The van der Waals surface area contributed by atoms with Crippen LogP contribution in [0.4, 0.5) is 0 Å². The number of amides is 2. The summed E-state index contributed by atoms with van der Waals surface area (Å²) in [5, 5.41) is 2.84. The van der Waals surface area contributed by atoms with E-state index < -0.39 is 6.04 Å². The molecule has 1 aromatic rings. The van der Waals surface area contributed by atoms with Gasteiger partial charge in [-0.15, -0.1) is 0 Å². The van der Waals surface area contributed by atoms with Gasteiger partial charge in [0, 0.05) is 39.8 Å². The number of nitrogens with one attached hydrogen (secondary N) is 1. The zero-order valence-electron chi connectivity index (χ0n) is 14.7. The zero-order chi connectivity index (χ0) is 17.7. The molecular weight excluding hydrogens is 310 g/mol. The van der Waals surface area contributed by atoms with E-state index in [2.05, 4.69) is 5.32 Å². The molecule has 0 aromatic heterocycles. The summed E-state index contributed by atoms with van der Waals surface area (Å²) >= 11 is 0. The molecule has 1 fully saturated rings. The van der Waals surface area contributed by atoms with E-state index >= 15 is 0 Å². The van der Waals surface area contributed by atoms with Gasteiger partial charge in [0.05, 0.1) is 26.7 Å². The number of carbonyl (C=O) groups excluding carboxylic acids is 2. The van der Waals surface area contributed by atoms with Crippen molar-refractivity contribution in [1.82, 2.24) is 15.1 Å². The Bertz CT molecular complexity index is 581. The minimum Gasteiger partial charge on any atom is -0.497 e. The lowest BCUT2D eigenvalue weighted by atomic mass is 10.1. The summed E-state index contributed by atoms with van der Waals surface area (Å²) in [6.45, 7) is 1.82. The van der Waals surface area contributed by atoms with Crippen LogP contribution >= 0.6 is 0 Å². The van der Waals surface area contributed by atoms with Crippen LogP contribution in [0, 0.1) is 0 Å². The van der Waals surface area contributed by atoms with E-state index in [0.29, 0.717) is 31.1 Å². The minimum absolute atomic E-state index is 0.0646. The summed E-state index contributed by atoms with van der Waals surface area (Å²) < 4.78 is 10.6. The molecule has 1 aliphatic heterocycles. The van der Waals surface area contributed by atoms with Crippen LogP contribution in [0.15, 0.2) is 18.2 Å². The molecule has 1 N–H and O–H groups in total. The quantitative estimate of drug-likeness (QED) is 0.819. The Morgan fingerprint density at radius 2 is 1.88 bits per heavy atom. The molecule has 0 aliphatic carbocycles. The third-order valence-corrected chi connectivity index (χ3v) is 4.11. The standard InChI is InChI=1S/C17H25N3O4/c1-19(2)16(21)10-15-17(22)18-5-6-20(15)11-12-7-13(23-3)9-14(8-12)24-4/h7-9,15H,5-6,10-11H2,1-4H3,(H,18,22). The Kier molecular flexibility index (Phi) is 6.03. The molecular formula is C17H25N3O4. The Balaban J connectivity index is 2.18. The van der Waals surface area contributed by atoms with E-state index in [1.165, 1.54) is 4.90 Å². The molecule has 1 heterocycles. The second kappa shape index (κ2) is 8.01. The number of methoxy groups -OCH3 is 2. The molecule has 0 saturated carbocycles. The Morgan fingerprint density at radius 1 is 1.25 bits per heavy atom. The topological polar surface area (TPSA) is 71.1 Å². The number of nitrogens with zero attached hydrogens (tertiary/aromatic N) is 2. The number of rotatable bonds is 6. The largest absolute Gasteiger partial charge is 0.497 e. The molecule has 7 nitrogen and oxygen atoms in total. The predicted octanol–water partition coefficient (Wildman–Crippen LogP) is 0.483. The first-order valence-electron chi connectivity index (χ1n) is 7.88.